The van der Waals surface area contributed by atoms with Gasteiger partial charge in [0, 0.05) is 17.9 Å². The average molecular weight is 449 g/mol. The average Bonchev–Trinajstić information content (AvgIpc) is 3.26. The fraction of sp³-hybridized carbons (Fsp3) is 0.423. The number of rotatable bonds is 6. The van der Waals surface area contributed by atoms with Gasteiger partial charge in [-0.3, -0.25) is 14.5 Å². The molecule has 2 N–H and O–H groups in total. The number of nitrogens with two attached hydrogens (primary N) is 1. The maximum absolute atomic E-state index is 13.5. The predicted molar refractivity (Wildman–Crippen MR) is 128 cm³/mol. The lowest BCUT2D eigenvalue weighted by atomic mass is 9.95. The summed E-state index contributed by atoms with van der Waals surface area (Å²) >= 11 is 0. The molecule has 2 aromatic carbocycles. The molecule has 33 heavy (non-hydrogen) atoms. The molecule has 1 atom stereocenters. The maximum Gasteiger partial charge on any atom is 0.257 e. The Balaban J connectivity index is 1.59. The Bertz CT molecular complexity index is 1070. The number of methoxy groups -OCH3 is 1. The zero-order chi connectivity index (χ0) is 23.5. The third-order valence-electron chi connectivity index (χ3n) is 6.70. The van der Waals surface area contributed by atoms with Crippen LogP contribution in [0.3, 0.4) is 0 Å². The van der Waals surface area contributed by atoms with Gasteiger partial charge in [0.15, 0.2) is 0 Å². The summed E-state index contributed by atoms with van der Waals surface area (Å²) in [5, 5.41) is 6.49. The van der Waals surface area contributed by atoms with Crippen LogP contribution in [0.2, 0.25) is 0 Å². The van der Waals surface area contributed by atoms with E-state index in [1.165, 1.54) is 5.56 Å². The number of hydrogen-bond donors (Lipinski definition) is 1. The minimum absolute atomic E-state index is 0.0411. The van der Waals surface area contributed by atoms with Gasteiger partial charge in [-0.1, -0.05) is 29.8 Å². The molecule has 2 amide bonds. The number of likely N-dealkylation sites (tertiary alicyclic amines) is 1. The summed E-state index contributed by atoms with van der Waals surface area (Å²) in [6, 6.07) is 14.0. The van der Waals surface area contributed by atoms with Crippen LogP contribution >= 0.6 is 0 Å². The topological polar surface area (TPSA) is 88.2 Å². The summed E-state index contributed by atoms with van der Waals surface area (Å²) in [5.41, 5.74) is 10.8. The van der Waals surface area contributed by atoms with Crippen LogP contribution in [0.1, 0.15) is 47.6 Å². The number of amides is 2. The van der Waals surface area contributed by atoms with E-state index in [0.717, 1.165) is 28.2 Å². The standard InChI is InChI=1S/C26H32N4O3/c1-17-7-8-18(2)22(13-17)23-15-24(20-5-4-6-21(14-20)33-3)30(28-23)25(31)16-29-11-9-19(10-12-29)26(27)32/h4-8,13-14,19,24H,9-12,15-16H2,1-3H3,(H2,27,32)/t24-/m0/s1. The van der Waals surface area contributed by atoms with Crippen LogP contribution in [0.4, 0.5) is 0 Å². The summed E-state index contributed by atoms with van der Waals surface area (Å²) < 4.78 is 5.42. The van der Waals surface area contributed by atoms with Crippen molar-refractivity contribution >= 4 is 17.5 Å². The van der Waals surface area contributed by atoms with E-state index in [1.54, 1.807) is 12.1 Å². The molecule has 2 heterocycles. The molecule has 0 radical (unpaired) electrons. The van der Waals surface area contributed by atoms with Crippen LogP contribution in [0.15, 0.2) is 47.6 Å². The van der Waals surface area contributed by atoms with Crippen molar-refractivity contribution in [2.45, 2.75) is 39.2 Å². The first-order valence-corrected chi connectivity index (χ1v) is 11.5. The number of primary amides is 1. The van der Waals surface area contributed by atoms with E-state index < -0.39 is 0 Å². The van der Waals surface area contributed by atoms with E-state index in [4.69, 9.17) is 15.6 Å². The number of hydrazone groups is 1. The van der Waals surface area contributed by atoms with Crippen LogP contribution in [0.5, 0.6) is 5.75 Å². The second kappa shape index (κ2) is 9.75. The molecule has 4 rings (SSSR count). The number of ether oxygens (including phenoxy) is 1. The minimum atomic E-state index is -0.249. The highest BCUT2D eigenvalue weighted by molar-refractivity contribution is 6.04. The molecule has 174 valence electrons. The van der Waals surface area contributed by atoms with Gasteiger partial charge in [0.2, 0.25) is 5.91 Å². The molecule has 1 fully saturated rings. The highest BCUT2D eigenvalue weighted by Crippen LogP contribution is 2.35. The van der Waals surface area contributed by atoms with E-state index in [0.29, 0.717) is 32.4 Å². The quantitative estimate of drug-likeness (QED) is 0.735. The molecule has 0 spiro atoms. The van der Waals surface area contributed by atoms with Gasteiger partial charge in [0.25, 0.3) is 5.91 Å². The Morgan fingerprint density at radius 3 is 2.58 bits per heavy atom. The van der Waals surface area contributed by atoms with Gasteiger partial charge in [0.05, 0.1) is 25.4 Å². The highest BCUT2D eigenvalue weighted by Gasteiger charge is 2.35. The number of nitrogens with zero attached hydrogens (tertiary/aromatic N) is 3. The Morgan fingerprint density at radius 1 is 1.12 bits per heavy atom. The summed E-state index contributed by atoms with van der Waals surface area (Å²) in [7, 11) is 1.64. The Morgan fingerprint density at radius 2 is 1.88 bits per heavy atom. The van der Waals surface area contributed by atoms with Gasteiger partial charge >= 0.3 is 0 Å². The van der Waals surface area contributed by atoms with Gasteiger partial charge in [-0.2, -0.15) is 5.10 Å². The van der Waals surface area contributed by atoms with E-state index >= 15 is 0 Å². The lowest BCUT2D eigenvalue weighted by Gasteiger charge is -2.31. The molecular formula is C26H32N4O3. The van der Waals surface area contributed by atoms with E-state index in [2.05, 4.69) is 36.9 Å². The Hall–Kier alpha value is -3.19. The lowest BCUT2D eigenvalue weighted by molar-refractivity contribution is -0.134. The zero-order valence-corrected chi connectivity index (χ0v) is 19.6. The van der Waals surface area contributed by atoms with Crippen molar-refractivity contribution in [2.75, 3.05) is 26.7 Å². The fourth-order valence-corrected chi connectivity index (χ4v) is 4.70. The molecule has 1 saturated heterocycles. The van der Waals surface area contributed by atoms with Crippen LogP contribution in [-0.2, 0) is 9.59 Å². The normalized spacial score (nSPS) is 19.4. The molecule has 0 aromatic heterocycles. The van der Waals surface area contributed by atoms with Gasteiger partial charge in [-0.25, -0.2) is 5.01 Å². The first kappa shape index (κ1) is 23.0. The molecule has 2 aliphatic heterocycles. The third kappa shape index (κ3) is 5.09. The van der Waals surface area contributed by atoms with E-state index in [9.17, 15) is 9.59 Å². The predicted octanol–water partition coefficient (Wildman–Crippen LogP) is 3.19. The number of hydrogen-bond acceptors (Lipinski definition) is 5. The van der Waals surface area contributed by atoms with Crippen molar-refractivity contribution in [2.24, 2.45) is 16.8 Å². The highest BCUT2D eigenvalue weighted by atomic mass is 16.5. The van der Waals surface area contributed by atoms with Crippen molar-refractivity contribution in [3.63, 3.8) is 0 Å². The molecule has 0 saturated carbocycles. The van der Waals surface area contributed by atoms with E-state index in [1.807, 2.05) is 24.3 Å². The summed E-state index contributed by atoms with van der Waals surface area (Å²) in [6.07, 6.45) is 2.03. The summed E-state index contributed by atoms with van der Waals surface area (Å²) in [4.78, 5) is 27.0. The van der Waals surface area contributed by atoms with Gasteiger partial charge < -0.3 is 10.5 Å². The molecule has 0 unspecified atom stereocenters. The largest absolute Gasteiger partial charge is 0.497 e. The van der Waals surface area contributed by atoms with Crippen molar-refractivity contribution in [3.8, 4) is 5.75 Å². The number of benzene rings is 2. The van der Waals surface area contributed by atoms with Crippen molar-refractivity contribution in [1.29, 1.82) is 0 Å². The number of carbonyl (C=O) groups excluding carboxylic acids is 2. The number of carbonyl (C=O) groups is 2. The Labute approximate surface area is 195 Å². The van der Waals surface area contributed by atoms with Crippen LogP contribution < -0.4 is 10.5 Å². The smallest absolute Gasteiger partial charge is 0.257 e. The lowest BCUT2D eigenvalue weighted by Crippen LogP contribution is -2.44. The number of aryl methyl sites for hydroxylation is 2. The van der Waals surface area contributed by atoms with Crippen molar-refractivity contribution < 1.29 is 14.3 Å². The zero-order valence-electron chi connectivity index (χ0n) is 19.6. The molecular weight excluding hydrogens is 416 g/mol. The van der Waals surface area contributed by atoms with Crippen LogP contribution in [0, 0.1) is 19.8 Å². The second-order valence-electron chi connectivity index (χ2n) is 9.05. The SMILES string of the molecule is COc1cccc([C@@H]2CC(c3cc(C)ccc3C)=NN2C(=O)CN2CCC(C(N)=O)CC2)c1. The Kier molecular flexibility index (Phi) is 6.79. The fourth-order valence-electron chi connectivity index (χ4n) is 4.70. The molecule has 2 aromatic rings. The second-order valence-corrected chi connectivity index (χ2v) is 9.05. The third-order valence-corrected chi connectivity index (χ3v) is 6.70. The summed E-state index contributed by atoms with van der Waals surface area (Å²) in [6.45, 7) is 5.78. The van der Waals surface area contributed by atoms with Crippen molar-refractivity contribution in [3.05, 3.63) is 64.7 Å². The molecule has 0 aliphatic carbocycles. The maximum atomic E-state index is 13.5. The van der Waals surface area contributed by atoms with E-state index in [-0.39, 0.29) is 30.3 Å². The summed E-state index contributed by atoms with van der Waals surface area (Å²) in [5.74, 6) is 0.372. The first-order chi connectivity index (χ1) is 15.9. The van der Waals surface area contributed by atoms with Crippen LogP contribution in [0.25, 0.3) is 0 Å². The molecule has 7 heteroatoms. The van der Waals surface area contributed by atoms with Crippen LogP contribution in [-0.4, -0.2) is 54.2 Å². The molecule has 2 aliphatic rings. The van der Waals surface area contributed by atoms with Gasteiger partial charge in [-0.05, 0) is 69.1 Å². The molecule has 7 nitrogen and oxygen atoms in total. The van der Waals surface area contributed by atoms with Gasteiger partial charge in [-0.15, -0.1) is 0 Å². The molecule has 0 bridgehead atoms. The minimum Gasteiger partial charge on any atom is -0.497 e. The first-order valence-electron chi connectivity index (χ1n) is 11.5. The monoisotopic (exact) mass is 448 g/mol. The number of piperidine rings is 1. The van der Waals surface area contributed by atoms with Gasteiger partial charge in [0.1, 0.15) is 5.75 Å². The van der Waals surface area contributed by atoms with Crippen molar-refractivity contribution in [1.82, 2.24) is 9.91 Å².